The molecule has 1 saturated heterocycles. The lowest BCUT2D eigenvalue weighted by atomic mass is 10.1. The summed E-state index contributed by atoms with van der Waals surface area (Å²) in [4.78, 5) is 24.7. The van der Waals surface area contributed by atoms with Crippen LogP contribution in [-0.4, -0.2) is 36.1 Å². The fourth-order valence-corrected chi connectivity index (χ4v) is 2.85. The van der Waals surface area contributed by atoms with Crippen molar-refractivity contribution in [2.45, 2.75) is 19.4 Å². The lowest BCUT2D eigenvalue weighted by Gasteiger charge is -2.33. The Hall–Kier alpha value is -1.40. The number of hydrogen-bond acceptors (Lipinski definition) is 3. The van der Waals surface area contributed by atoms with Crippen molar-refractivity contribution in [1.82, 2.24) is 5.32 Å². The Labute approximate surface area is 119 Å². The fraction of sp³-hybridized carbons (Fsp3) is 0.385. The third-order valence-corrected chi connectivity index (χ3v) is 3.70. The summed E-state index contributed by atoms with van der Waals surface area (Å²) in [6, 6.07) is 5.10. The van der Waals surface area contributed by atoms with Crippen LogP contribution in [0.4, 0.5) is 5.69 Å². The number of nitrogens with zero attached hydrogens (tertiary/aromatic N) is 1. The van der Waals surface area contributed by atoms with E-state index in [1.54, 1.807) is 4.90 Å². The minimum absolute atomic E-state index is 0.196. The van der Waals surface area contributed by atoms with Crippen molar-refractivity contribution in [1.29, 1.82) is 0 Å². The van der Waals surface area contributed by atoms with Crippen molar-refractivity contribution < 1.29 is 14.7 Å². The summed E-state index contributed by atoms with van der Waals surface area (Å²) in [5.41, 5.74) is 1.88. The van der Waals surface area contributed by atoms with E-state index >= 15 is 0 Å². The Morgan fingerprint density at radius 3 is 2.95 bits per heavy atom. The SMILES string of the molecule is Cc1ccc(N2CCNC(CC(=O)O)C2=O)c(Br)c1. The van der Waals surface area contributed by atoms with Crippen LogP contribution in [0.5, 0.6) is 0 Å². The summed E-state index contributed by atoms with van der Waals surface area (Å²) in [6.45, 7) is 3.10. The van der Waals surface area contributed by atoms with Gasteiger partial charge in [-0.05, 0) is 40.5 Å². The lowest BCUT2D eigenvalue weighted by molar-refractivity contribution is -0.139. The van der Waals surface area contributed by atoms with Crippen LogP contribution in [0.25, 0.3) is 0 Å². The van der Waals surface area contributed by atoms with Gasteiger partial charge in [0.1, 0.15) is 0 Å². The number of hydrogen-bond donors (Lipinski definition) is 2. The first kappa shape index (κ1) is 14.0. The van der Waals surface area contributed by atoms with Gasteiger partial charge < -0.3 is 15.3 Å². The van der Waals surface area contributed by atoms with Crippen molar-refractivity contribution >= 4 is 33.5 Å². The van der Waals surface area contributed by atoms with Crippen LogP contribution in [0.15, 0.2) is 22.7 Å². The van der Waals surface area contributed by atoms with Gasteiger partial charge in [0, 0.05) is 17.6 Å². The maximum atomic E-state index is 12.3. The Morgan fingerprint density at radius 1 is 1.58 bits per heavy atom. The predicted molar refractivity (Wildman–Crippen MR) is 75.3 cm³/mol. The lowest BCUT2D eigenvalue weighted by Crippen LogP contribution is -2.56. The monoisotopic (exact) mass is 326 g/mol. The molecule has 1 atom stereocenters. The molecule has 1 aromatic carbocycles. The highest BCUT2D eigenvalue weighted by Gasteiger charge is 2.31. The van der Waals surface area contributed by atoms with Gasteiger partial charge in [-0.1, -0.05) is 6.07 Å². The number of carbonyl (C=O) groups excluding carboxylic acids is 1. The van der Waals surface area contributed by atoms with E-state index in [1.807, 2.05) is 25.1 Å². The van der Waals surface area contributed by atoms with Gasteiger partial charge in [-0.2, -0.15) is 0 Å². The van der Waals surface area contributed by atoms with Gasteiger partial charge in [0.15, 0.2) is 0 Å². The zero-order chi connectivity index (χ0) is 14.0. The molecule has 1 aromatic rings. The molecule has 19 heavy (non-hydrogen) atoms. The number of benzene rings is 1. The summed E-state index contributed by atoms with van der Waals surface area (Å²) >= 11 is 3.45. The van der Waals surface area contributed by atoms with E-state index < -0.39 is 12.0 Å². The summed E-state index contributed by atoms with van der Waals surface area (Å²) in [5.74, 6) is -1.17. The number of carbonyl (C=O) groups is 2. The zero-order valence-corrected chi connectivity index (χ0v) is 12.1. The number of rotatable bonds is 3. The van der Waals surface area contributed by atoms with Crippen molar-refractivity contribution in [2.75, 3.05) is 18.0 Å². The number of carboxylic acids is 1. The van der Waals surface area contributed by atoms with Crippen LogP contribution < -0.4 is 10.2 Å². The first-order valence-corrected chi connectivity index (χ1v) is 6.81. The minimum atomic E-state index is -0.976. The van der Waals surface area contributed by atoms with E-state index in [1.165, 1.54) is 0 Å². The topological polar surface area (TPSA) is 69.6 Å². The number of piperazine rings is 1. The van der Waals surface area contributed by atoms with E-state index in [9.17, 15) is 9.59 Å². The molecule has 2 N–H and O–H groups in total. The average molecular weight is 327 g/mol. The number of halogens is 1. The molecule has 0 aromatic heterocycles. The van der Waals surface area contributed by atoms with Crippen LogP contribution in [0.1, 0.15) is 12.0 Å². The Morgan fingerprint density at radius 2 is 2.32 bits per heavy atom. The first-order chi connectivity index (χ1) is 8.99. The standard InChI is InChI=1S/C13H15BrN2O3/c1-8-2-3-11(9(14)6-8)16-5-4-15-10(13(16)19)7-12(17)18/h2-3,6,10,15H,4-5,7H2,1H3,(H,17,18). The summed E-state index contributed by atoms with van der Waals surface area (Å²) in [7, 11) is 0. The van der Waals surface area contributed by atoms with Gasteiger partial charge in [-0.3, -0.25) is 9.59 Å². The van der Waals surface area contributed by atoms with Crippen molar-refractivity contribution in [3.05, 3.63) is 28.2 Å². The fourth-order valence-electron chi connectivity index (χ4n) is 2.14. The highest BCUT2D eigenvalue weighted by Crippen LogP contribution is 2.28. The molecule has 5 nitrogen and oxygen atoms in total. The second-order valence-electron chi connectivity index (χ2n) is 4.55. The first-order valence-electron chi connectivity index (χ1n) is 6.02. The molecule has 1 aliphatic rings. The second-order valence-corrected chi connectivity index (χ2v) is 5.40. The van der Waals surface area contributed by atoms with Crippen LogP contribution in [0, 0.1) is 6.92 Å². The number of nitrogens with one attached hydrogen (secondary N) is 1. The van der Waals surface area contributed by atoms with Crippen LogP contribution >= 0.6 is 15.9 Å². The van der Waals surface area contributed by atoms with Gasteiger partial charge in [0.25, 0.3) is 0 Å². The predicted octanol–water partition coefficient (Wildman–Crippen LogP) is 1.54. The molecule has 102 valence electrons. The van der Waals surface area contributed by atoms with Gasteiger partial charge in [0.05, 0.1) is 18.2 Å². The van der Waals surface area contributed by atoms with Crippen LogP contribution in [0.3, 0.4) is 0 Å². The van der Waals surface area contributed by atoms with E-state index in [-0.39, 0.29) is 12.3 Å². The molecule has 1 aliphatic heterocycles. The number of carboxylic acid groups (broad SMARTS) is 1. The summed E-state index contributed by atoms with van der Waals surface area (Å²) < 4.78 is 0.844. The van der Waals surface area contributed by atoms with Gasteiger partial charge in [-0.15, -0.1) is 0 Å². The molecule has 0 spiro atoms. The molecular weight excluding hydrogens is 312 g/mol. The quantitative estimate of drug-likeness (QED) is 0.884. The molecular formula is C13H15BrN2O3. The average Bonchev–Trinajstić information content (AvgIpc) is 2.32. The maximum Gasteiger partial charge on any atom is 0.305 e. The molecule has 1 heterocycles. The number of anilines is 1. The van der Waals surface area contributed by atoms with Gasteiger partial charge in [-0.25, -0.2) is 0 Å². The summed E-state index contributed by atoms with van der Waals surface area (Å²) in [5, 5.41) is 11.8. The highest BCUT2D eigenvalue weighted by molar-refractivity contribution is 9.10. The van der Waals surface area contributed by atoms with Crippen molar-refractivity contribution in [2.24, 2.45) is 0 Å². The smallest absolute Gasteiger partial charge is 0.305 e. The molecule has 0 radical (unpaired) electrons. The highest BCUT2D eigenvalue weighted by atomic mass is 79.9. The Kier molecular flexibility index (Phi) is 4.21. The maximum absolute atomic E-state index is 12.3. The Balaban J connectivity index is 2.24. The molecule has 0 aliphatic carbocycles. The largest absolute Gasteiger partial charge is 0.481 e. The van der Waals surface area contributed by atoms with Gasteiger partial charge in [0.2, 0.25) is 5.91 Å². The molecule has 6 heteroatoms. The number of aryl methyl sites for hydroxylation is 1. The minimum Gasteiger partial charge on any atom is -0.481 e. The van der Waals surface area contributed by atoms with E-state index in [0.717, 1.165) is 15.7 Å². The normalized spacial score (nSPS) is 19.6. The third kappa shape index (κ3) is 3.13. The number of amides is 1. The summed E-state index contributed by atoms with van der Waals surface area (Å²) in [6.07, 6.45) is -0.196. The van der Waals surface area contributed by atoms with Crippen LogP contribution in [-0.2, 0) is 9.59 Å². The molecule has 1 unspecified atom stereocenters. The molecule has 2 rings (SSSR count). The second kappa shape index (κ2) is 5.71. The van der Waals surface area contributed by atoms with Crippen LogP contribution in [0.2, 0.25) is 0 Å². The molecule has 0 saturated carbocycles. The zero-order valence-electron chi connectivity index (χ0n) is 10.5. The van der Waals surface area contributed by atoms with E-state index in [4.69, 9.17) is 5.11 Å². The molecule has 0 bridgehead atoms. The van der Waals surface area contributed by atoms with E-state index in [2.05, 4.69) is 21.2 Å². The van der Waals surface area contributed by atoms with E-state index in [0.29, 0.717) is 13.1 Å². The van der Waals surface area contributed by atoms with Crippen molar-refractivity contribution in [3.8, 4) is 0 Å². The molecule has 1 amide bonds. The Bertz CT molecular complexity index is 519. The van der Waals surface area contributed by atoms with Crippen molar-refractivity contribution in [3.63, 3.8) is 0 Å². The van der Waals surface area contributed by atoms with Gasteiger partial charge >= 0.3 is 5.97 Å². The third-order valence-electron chi connectivity index (χ3n) is 3.06. The molecule has 1 fully saturated rings. The number of aliphatic carboxylic acids is 1.